The second-order valence-corrected chi connectivity index (χ2v) is 6.06. The molecule has 0 heterocycles. The van der Waals surface area contributed by atoms with Crippen molar-refractivity contribution in [1.29, 1.82) is 0 Å². The SMILES string of the molecule is CC(C)(C)c1ccc([Se](=O)O)cc1. The van der Waals surface area contributed by atoms with Gasteiger partial charge in [0.1, 0.15) is 0 Å². The van der Waals surface area contributed by atoms with Gasteiger partial charge in [0.25, 0.3) is 0 Å². The summed E-state index contributed by atoms with van der Waals surface area (Å²) >= 11 is -2.73. The van der Waals surface area contributed by atoms with E-state index >= 15 is 0 Å². The van der Waals surface area contributed by atoms with Crippen LogP contribution in [0.25, 0.3) is 0 Å². The number of hydrogen-bond donors (Lipinski definition) is 1. The molecule has 1 rings (SSSR count). The fourth-order valence-electron chi connectivity index (χ4n) is 1.07. The second-order valence-electron chi connectivity index (χ2n) is 4.02. The molecule has 1 atom stereocenters. The van der Waals surface area contributed by atoms with Crippen LogP contribution >= 0.6 is 0 Å². The quantitative estimate of drug-likeness (QED) is 0.752. The van der Waals surface area contributed by atoms with E-state index < -0.39 is 14.2 Å². The van der Waals surface area contributed by atoms with Crippen LogP contribution in [0.2, 0.25) is 0 Å². The Morgan fingerprint density at radius 1 is 1.15 bits per heavy atom. The Labute approximate surface area is 83.0 Å². The Bertz CT molecular complexity index is 309. The van der Waals surface area contributed by atoms with Crippen LogP contribution in [-0.2, 0) is 9.25 Å². The van der Waals surface area contributed by atoms with Crippen molar-refractivity contribution in [1.82, 2.24) is 0 Å². The van der Waals surface area contributed by atoms with Crippen LogP contribution in [0.5, 0.6) is 0 Å². The topological polar surface area (TPSA) is 37.3 Å². The number of benzene rings is 1. The summed E-state index contributed by atoms with van der Waals surface area (Å²) in [4.78, 5) is 0. The third-order valence-corrected chi connectivity index (χ3v) is 3.34. The third kappa shape index (κ3) is 2.73. The van der Waals surface area contributed by atoms with Gasteiger partial charge >= 0.3 is 82.7 Å². The summed E-state index contributed by atoms with van der Waals surface area (Å²) in [5.74, 6) is 0. The van der Waals surface area contributed by atoms with E-state index in [1.165, 1.54) is 5.56 Å². The van der Waals surface area contributed by atoms with Crippen LogP contribution in [0.4, 0.5) is 0 Å². The van der Waals surface area contributed by atoms with Crippen molar-refractivity contribution in [3.05, 3.63) is 29.8 Å². The molecular weight excluding hydrogens is 231 g/mol. The van der Waals surface area contributed by atoms with Crippen LogP contribution in [0.3, 0.4) is 0 Å². The molecule has 0 saturated carbocycles. The van der Waals surface area contributed by atoms with Crippen molar-refractivity contribution in [2.24, 2.45) is 0 Å². The van der Waals surface area contributed by atoms with Crippen molar-refractivity contribution in [2.45, 2.75) is 26.2 Å². The molecule has 3 heteroatoms. The molecule has 13 heavy (non-hydrogen) atoms. The van der Waals surface area contributed by atoms with Gasteiger partial charge in [0.05, 0.1) is 0 Å². The van der Waals surface area contributed by atoms with E-state index in [2.05, 4.69) is 20.8 Å². The minimum atomic E-state index is -2.73. The van der Waals surface area contributed by atoms with Gasteiger partial charge in [-0.3, -0.25) is 0 Å². The van der Waals surface area contributed by atoms with Gasteiger partial charge in [-0.2, -0.15) is 0 Å². The van der Waals surface area contributed by atoms with Gasteiger partial charge < -0.3 is 0 Å². The van der Waals surface area contributed by atoms with Crippen molar-refractivity contribution in [3.8, 4) is 0 Å². The average Bonchev–Trinajstić information content (AvgIpc) is 2.03. The summed E-state index contributed by atoms with van der Waals surface area (Å²) in [6.07, 6.45) is 0. The fourth-order valence-corrected chi connectivity index (χ4v) is 1.85. The third-order valence-electron chi connectivity index (χ3n) is 1.92. The summed E-state index contributed by atoms with van der Waals surface area (Å²) in [6, 6.07) is 7.30. The fraction of sp³-hybridized carbons (Fsp3) is 0.400. The molecule has 0 aliphatic rings. The molecule has 0 saturated heterocycles. The van der Waals surface area contributed by atoms with E-state index in [4.69, 9.17) is 4.19 Å². The summed E-state index contributed by atoms with van der Waals surface area (Å²) in [7, 11) is 0. The van der Waals surface area contributed by atoms with E-state index in [1.54, 1.807) is 12.1 Å². The molecule has 0 spiro atoms. The van der Waals surface area contributed by atoms with E-state index in [0.717, 1.165) is 0 Å². The maximum absolute atomic E-state index is 10.8. The summed E-state index contributed by atoms with van der Waals surface area (Å²) in [6.45, 7) is 6.35. The first-order valence-corrected chi connectivity index (χ1v) is 6.45. The Hall–Kier alpha value is -0.501. The molecule has 1 aromatic carbocycles. The zero-order valence-corrected chi connectivity index (χ0v) is 9.79. The van der Waals surface area contributed by atoms with Gasteiger partial charge in [-0.15, -0.1) is 0 Å². The van der Waals surface area contributed by atoms with Crippen LogP contribution in [-0.4, -0.2) is 18.4 Å². The van der Waals surface area contributed by atoms with Crippen LogP contribution in [0.15, 0.2) is 24.3 Å². The second kappa shape index (κ2) is 3.70. The normalized spacial score (nSPS) is 14.2. The predicted molar refractivity (Wildman–Crippen MR) is 53.4 cm³/mol. The molecule has 0 aliphatic heterocycles. The molecule has 0 bridgehead atoms. The molecule has 1 aromatic rings. The van der Waals surface area contributed by atoms with Crippen molar-refractivity contribution in [2.75, 3.05) is 0 Å². The van der Waals surface area contributed by atoms with Gasteiger partial charge in [0, 0.05) is 0 Å². The van der Waals surface area contributed by atoms with E-state index in [-0.39, 0.29) is 5.41 Å². The van der Waals surface area contributed by atoms with Crippen LogP contribution in [0, 0.1) is 0 Å². The predicted octanol–water partition coefficient (Wildman–Crippen LogP) is 1.10. The van der Waals surface area contributed by atoms with Crippen LogP contribution < -0.4 is 4.46 Å². The van der Waals surface area contributed by atoms with E-state index in [1.807, 2.05) is 12.1 Å². The first-order chi connectivity index (χ1) is 5.91. The van der Waals surface area contributed by atoms with Gasteiger partial charge in [0.2, 0.25) is 0 Å². The molecule has 0 aliphatic carbocycles. The zero-order valence-electron chi connectivity index (χ0n) is 8.07. The molecule has 0 amide bonds. The van der Waals surface area contributed by atoms with Gasteiger partial charge in [-0.25, -0.2) is 0 Å². The molecule has 1 N–H and O–H groups in total. The summed E-state index contributed by atoms with van der Waals surface area (Å²) < 4.78 is 20.2. The first-order valence-electron chi connectivity index (χ1n) is 4.12. The minimum absolute atomic E-state index is 0.104. The van der Waals surface area contributed by atoms with Crippen molar-refractivity contribution < 1.29 is 8.02 Å². The standard InChI is InChI=1S/C10H14O2Se/c1-10(2,3)8-4-6-9(7-5-8)13(11)12/h4-7H,1-3H3,(H,11,12). The zero-order chi connectivity index (χ0) is 10.1. The number of rotatable bonds is 1. The molecule has 72 valence electrons. The Kier molecular flexibility index (Phi) is 3.01. The average molecular weight is 245 g/mol. The van der Waals surface area contributed by atoms with E-state index in [9.17, 15) is 3.83 Å². The van der Waals surface area contributed by atoms with Crippen LogP contribution in [0.1, 0.15) is 26.3 Å². The van der Waals surface area contributed by atoms with Crippen molar-refractivity contribution >= 4 is 18.6 Å². The Morgan fingerprint density at radius 2 is 1.62 bits per heavy atom. The van der Waals surface area contributed by atoms with E-state index in [0.29, 0.717) is 4.46 Å². The summed E-state index contributed by atoms with van der Waals surface area (Å²) in [5, 5.41) is 0. The number of hydrogen-bond acceptors (Lipinski definition) is 1. The summed E-state index contributed by atoms with van der Waals surface area (Å²) in [5.41, 5.74) is 1.29. The Morgan fingerprint density at radius 3 is 1.92 bits per heavy atom. The molecular formula is C10H14O2Se. The molecule has 0 fully saturated rings. The van der Waals surface area contributed by atoms with Gasteiger partial charge in [-0.05, 0) is 0 Å². The maximum atomic E-state index is 10.8. The molecule has 0 radical (unpaired) electrons. The van der Waals surface area contributed by atoms with Crippen molar-refractivity contribution in [3.63, 3.8) is 0 Å². The van der Waals surface area contributed by atoms with Gasteiger partial charge in [-0.1, -0.05) is 0 Å². The first kappa shape index (κ1) is 10.6. The molecule has 2 nitrogen and oxygen atoms in total. The van der Waals surface area contributed by atoms with Gasteiger partial charge in [0.15, 0.2) is 0 Å². The Balaban J connectivity index is 3.01. The molecule has 0 aromatic heterocycles. The molecule has 1 unspecified atom stereocenters. The monoisotopic (exact) mass is 246 g/mol.